The predicted octanol–water partition coefficient (Wildman–Crippen LogP) is 1.25. The average molecular weight is 278 g/mol. The van der Waals surface area contributed by atoms with Crippen LogP contribution in [0, 0.1) is 0 Å². The quantitative estimate of drug-likeness (QED) is 0.841. The fourth-order valence-corrected chi connectivity index (χ4v) is 3.77. The zero-order valence-corrected chi connectivity index (χ0v) is 11.7. The average Bonchev–Trinajstić information content (AvgIpc) is 2.47. The first-order valence-electron chi connectivity index (χ1n) is 6.76. The van der Waals surface area contributed by atoms with Gasteiger partial charge in [0.15, 0.2) is 0 Å². The van der Waals surface area contributed by atoms with Crippen LogP contribution in [0.2, 0.25) is 0 Å². The van der Waals surface area contributed by atoms with Crippen LogP contribution in [0.1, 0.15) is 22.3 Å². The summed E-state index contributed by atoms with van der Waals surface area (Å²) in [5.74, 6) is 1.31. The second kappa shape index (κ2) is 5.33. The maximum Gasteiger partial charge on any atom is 0.254 e. The topological polar surface area (TPSA) is 49.4 Å². The minimum Gasteiger partial charge on any atom is -0.385 e. The lowest BCUT2D eigenvalue weighted by Crippen LogP contribution is -2.42. The lowest BCUT2D eigenvalue weighted by Gasteiger charge is -2.28. The van der Waals surface area contributed by atoms with Gasteiger partial charge in [-0.15, -0.1) is 0 Å². The summed E-state index contributed by atoms with van der Waals surface area (Å²) in [5.41, 5.74) is 3.06. The lowest BCUT2D eigenvalue weighted by molar-refractivity contribution is 0.0770. The fraction of sp³-hybridized carbons (Fsp3) is 0.500. The first-order chi connectivity index (χ1) is 9.25. The molecule has 2 heterocycles. The van der Waals surface area contributed by atoms with E-state index < -0.39 is 10.8 Å². The van der Waals surface area contributed by atoms with Crippen molar-refractivity contribution in [2.45, 2.75) is 12.8 Å². The molecule has 0 spiro atoms. The van der Waals surface area contributed by atoms with E-state index in [1.165, 1.54) is 0 Å². The van der Waals surface area contributed by atoms with Gasteiger partial charge in [0.1, 0.15) is 0 Å². The molecule has 2 aliphatic rings. The number of nitrogens with zero attached hydrogens (tertiary/aromatic N) is 1. The fourth-order valence-electron chi connectivity index (χ4n) is 2.72. The van der Waals surface area contributed by atoms with Gasteiger partial charge in [-0.05, 0) is 30.5 Å². The summed E-state index contributed by atoms with van der Waals surface area (Å²) in [5, 5.41) is 3.35. The van der Waals surface area contributed by atoms with Crippen LogP contribution in [0.3, 0.4) is 0 Å². The second-order valence-electron chi connectivity index (χ2n) is 5.00. The number of carbonyl (C=O) groups excluding carboxylic acids is 1. The molecule has 1 saturated heterocycles. The van der Waals surface area contributed by atoms with Crippen LogP contribution in [-0.2, 0) is 17.2 Å². The standard InChI is InChI=1S/C14H18N2O2S/c17-14(16-7-9-19(18)10-8-16)12-3-1-5-13-11(12)4-2-6-15-13/h1,3,5,15H,2,4,6-10H2. The minimum atomic E-state index is -0.742. The molecule has 3 rings (SSSR count). The Hall–Kier alpha value is -1.36. The largest absolute Gasteiger partial charge is 0.385 e. The van der Waals surface area contributed by atoms with E-state index in [4.69, 9.17) is 0 Å². The van der Waals surface area contributed by atoms with Gasteiger partial charge in [-0.25, -0.2) is 0 Å². The molecule has 102 valence electrons. The van der Waals surface area contributed by atoms with E-state index in [1.807, 2.05) is 23.1 Å². The Morgan fingerprint density at radius 2 is 2.05 bits per heavy atom. The summed E-state index contributed by atoms with van der Waals surface area (Å²) in [4.78, 5) is 14.4. The van der Waals surface area contributed by atoms with Gasteiger partial charge in [0, 0.05) is 53.2 Å². The molecule has 0 saturated carbocycles. The normalized spacial score (nSPS) is 19.7. The van der Waals surface area contributed by atoms with Crippen molar-refractivity contribution in [3.63, 3.8) is 0 Å². The van der Waals surface area contributed by atoms with Gasteiger partial charge < -0.3 is 10.2 Å². The number of carbonyl (C=O) groups is 1. The van der Waals surface area contributed by atoms with E-state index in [0.717, 1.165) is 36.2 Å². The van der Waals surface area contributed by atoms with Gasteiger partial charge in [0.05, 0.1) is 0 Å². The highest BCUT2D eigenvalue weighted by Crippen LogP contribution is 2.26. The van der Waals surface area contributed by atoms with Gasteiger partial charge >= 0.3 is 0 Å². The number of amides is 1. The smallest absolute Gasteiger partial charge is 0.254 e. The van der Waals surface area contributed by atoms with Gasteiger partial charge in [-0.3, -0.25) is 9.00 Å². The highest BCUT2D eigenvalue weighted by Gasteiger charge is 2.24. The van der Waals surface area contributed by atoms with E-state index in [2.05, 4.69) is 5.32 Å². The molecular weight excluding hydrogens is 260 g/mol. The molecule has 1 N–H and O–H groups in total. The highest BCUT2D eigenvalue weighted by atomic mass is 32.2. The van der Waals surface area contributed by atoms with Crippen molar-refractivity contribution >= 4 is 22.4 Å². The summed E-state index contributed by atoms with van der Waals surface area (Å²) in [6.45, 7) is 2.21. The van der Waals surface area contributed by atoms with Crippen molar-refractivity contribution < 1.29 is 9.00 Å². The van der Waals surface area contributed by atoms with Crippen LogP contribution in [-0.4, -0.2) is 46.2 Å². The highest BCUT2D eigenvalue weighted by molar-refractivity contribution is 7.85. The number of rotatable bonds is 1. The van der Waals surface area contributed by atoms with Crippen LogP contribution in [0.25, 0.3) is 0 Å². The monoisotopic (exact) mass is 278 g/mol. The maximum atomic E-state index is 12.6. The van der Waals surface area contributed by atoms with Crippen molar-refractivity contribution in [2.24, 2.45) is 0 Å². The minimum absolute atomic E-state index is 0.0947. The third-order valence-corrected chi connectivity index (χ3v) is 5.07. The number of benzene rings is 1. The zero-order chi connectivity index (χ0) is 13.2. The van der Waals surface area contributed by atoms with Crippen molar-refractivity contribution in [2.75, 3.05) is 36.5 Å². The summed E-state index contributed by atoms with van der Waals surface area (Å²) in [7, 11) is -0.742. The molecule has 1 fully saturated rings. The molecule has 2 aliphatic heterocycles. The molecule has 0 unspecified atom stereocenters. The van der Waals surface area contributed by atoms with Gasteiger partial charge in [0.2, 0.25) is 0 Å². The Labute approximate surface area is 115 Å². The molecule has 0 aromatic heterocycles. The molecule has 1 amide bonds. The Kier molecular flexibility index (Phi) is 3.55. The van der Waals surface area contributed by atoms with Gasteiger partial charge in [0.25, 0.3) is 5.91 Å². The third kappa shape index (κ3) is 2.52. The molecule has 4 nitrogen and oxygen atoms in total. The second-order valence-corrected chi connectivity index (χ2v) is 6.70. The van der Waals surface area contributed by atoms with Crippen molar-refractivity contribution in [1.82, 2.24) is 4.90 Å². The number of hydrogen-bond donors (Lipinski definition) is 1. The Balaban J connectivity index is 1.85. The molecular formula is C14H18N2O2S. The van der Waals surface area contributed by atoms with E-state index >= 15 is 0 Å². The molecule has 1 aromatic carbocycles. The molecule has 5 heteroatoms. The number of hydrogen-bond acceptors (Lipinski definition) is 3. The first kappa shape index (κ1) is 12.7. The zero-order valence-electron chi connectivity index (χ0n) is 10.9. The van der Waals surface area contributed by atoms with Crippen molar-refractivity contribution in [3.05, 3.63) is 29.3 Å². The Morgan fingerprint density at radius 1 is 1.26 bits per heavy atom. The number of anilines is 1. The molecule has 0 radical (unpaired) electrons. The van der Waals surface area contributed by atoms with Crippen LogP contribution in [0.15, 0.2) is 18.2 Å². The van der Waals surface area contributed by atoms with E-state index in [1.54, 1.807) is 0 Å². The van der Waals surface area contributed by atoms with Crippen LogP contribution < -0.4 is 5.32 Å². The van der Waals surface area contributed by atoms with Crippen LogP contribution in [0.5, 0.6) is 0 Å². The van der Waals surface area contributed by atoms with Gasteiger partial charge in [-0.2, -0.15) is 0 Å². The Bertz CT molecular complexity index is 520. The summed E-state index contributed by atoms with van der Waals surface area (Å²) < 4.78 is 11.4. The molecule has 0 bridgehead atoms. The Morgan fingerprint density at radius 3 is 2.84 bits per heavy atom. The number of nitrogens with one attached hydrogen (secondary N) is 1. The van der Waals surface area contributed by atoms with Crippen LogP contribution in [0.4, 0.5) is 5.69 Å². The summed E-state index contributed by atoms with van der Waals surface area (Å²) in [6, 6.07) is 5.89. The van der Waals surface area contributed by atoms with E-state index in [0.29, 0.717) is 24.6 Å². The third-order valence-electron chi connectivity index (χ3n) is 3.79. The van der Waals surface area contributed by atoms with Crippen molar-refractivity contribution in [3.8, 4) is 0 Å². The maximum absolute atomic E-state index is 12.6. The SMILES string of the molecule is O=C(c1cccc2c1CCCN2)N1CCS(=O)CC1. The van der Waals surface area contributed by atoms with Crippen molar-refractivity contribution in [1.29, 1.82) is 0 Å². The predicted molar refractivity (Wildman–Crippen MR) is 77.0 cm³/mol. The van der Waals surface area contributed by atoms with E-state index in [9.17, 15) is 9.00 Å². The summed E-state index contributed by atoms with van der Waals surface area (Å²) >= 11 is 0. The molecule has 0 atom stereocenters. The lowest BCUT2D eigenvalue weighted by atomic mass is 9.97. The molecule has 19 heavy (non-hydrogen) atoms. The summed E-state index contributed by atoms with van der Waals surface area (Å²) in [6.07, 6.45) is 2.03. The van der Waals surface area contributed by atoms with E-state index in [-0.39, 0.29) is 5.91 Å². The first-order valence-corrected chi connectivity index (χ1v) is 8.24. The van der Waals surface area contributed by atoms with Crippen LogP contribution >= 0.6 is 0 Å². The number of fused-ring (bicyclic) bond motifs is 1. The van der Waals surface area contributed by atoms with Gasteiger partial charge in [-0.1, -0.05) is 6.07 Å². The molecule has 1 aromatic rings. The molecule has 0 aliphatic carbocycles.